The van der Waals surface area contributed by atoms with E-state index in [1.54, 1.807) is 13.1 Å². The zero-order chi connectivity index (χ0) is 9.84. The molecular formula is C9H13BrN2O. The predicted molar refractivity (Wildman–Crippen MR) is 56.8 cm³/mol. The smallest absolute Gasteiger partial charge is 0.140 e. The molecule has 0 aliphatic carbocycles. The van der Waals surface area contributed by atoms with Crippen LogP contribution in [0.4, 0.5) is 5.82 Å². The third kappa shape index (κ3) is 2.97. The lowest BCUT2D eigenvalue weighted by Gasteiger charge is -2.10. The fourth-order valence-electron chi connectivity index (χ4n) is 0.908. The molecule has 3 nitrogen and oxygen atoms in total. The van der Waals surface area contributed by atoms with Gasteiger partial charge in [-0.15, -0.1) is 0 Å². The fraction of sp³-hybridized carbons (Fsp3) is 0.444. The predicted octanol–water partition coefficient (Wildman–Crippen LogP) is 1.95. The van der Waals surface area contributed by atoms with Crippen LogP contribution in [-0.4, -0.2) is 22.7 Å². The molecule has 0 spiro atoms. The molecule has 0 aliphatic rings. The van der Waals surface area contributed by atoms with E-state index in [9.17, 15) is 0 Å². The highest BCUT2D eigenvalue weighted by Gasteiger charge is 2.03. The van der Waals surface area contributed by atoms with Crippen LogP contribution in [0.5, 0.6) is 0 Å². The van der Waals surface area contributed by atoms with Gasteiger partial charge in [0.2, 0.25) is 0 Å². The van der Waals surface area contributed by atoms with E-state index >= 15 is 0 Å². The largest absolute Gasteiger partial charge is 0.392 e. The van der Waals surface area contributed by atoms with E-state index in [1.807, 2.05) is 13.0 Å². The summed E-state index contributed by atoms with van der Waals surface area (Å²) in [5.74, 6) is 0.779. The molecule has 0 amide bonds. The lowest BCUT2D eigenvalue weighted by molar-refractivity contribution is 0.208. The van der Waals surface area contributed by atoms with Gasteiger partial charge < -0.3 is 10.4 Å². The maximum atomic E-state index is 9.07. The first kappa shape index (κ1) is 10.5. The molecule has 1 aromatic heterocycles. The van der Waals surface area contributed by atoms with Gasteiger partial charge in [0.05, 0.1) is 10.6 Å². The van der Waals surface area contributed by atoms with Crippen molar-refractivity contribution >= 4 is 21.7 Å². The van der Waals surface area contributed by atoms with Crippen LogP contribution in [-0.2, 0) is 0 Å². The van der Waals surface area contributed by atoms with Gasteiger partial charge in [0.1, 0.15) is 5.82 Å². The zero-order valence-corrected chi connectivity index (χ0v) is 9.30. The topological polar surface area (TPSA) is 45.2 Å². The number of anilines is 1. The van der Waals surface area contributed by atoms with Crippen LogP contribution >= 0.6 is 15.9 Å². The molecule has 1 heterocycles. The van der Waals surface area contributed by atoms with Crippen molar-refractivity contribution in [3.05, 3.63) is 22.3 Å². The number of hydrogen-bond acceptors (Lipinski definition) is 3. The van der Waals surface area contributed by atoms with Crippen LogP contribution in [0.25, 0.3) is 0 Å². The quantitative estimate of drug-likeness (QED) is 0.855. The summed E-state index contributed by atoms with van der Waals surface area (Å²) >= 11 is 3.42. The molecule has 4 heteroatoms. The minimum atomic E-state index is -0.366. The van der Waals surface area contributed by atoms with Crippen molar-refractivity contribution in [2.75, 3.05) is 11.9 Å². The van der Waals surface area contributed by atoms with Gasteiger partial charge in [0, 0.05) is 12.7 Å². The normalized spacial score (nSPS) is 12.6. The maximum Gasteiger partial charge on any atom is 0.140 e. The van der Waals surface area contributed by atoms with Crippen molar-refractivity contribution < 1.29 is 5.11 Å². The van der Waals surface area contributed by atoms with Gasteiger partial charge >= 0.3 is 0 Å². The van der Waals surface area contributed by atoms with Crippen molar-refractivity contribution in [1.29, 1.82) is 0 Å². The molecule has 1 atom stereocenters. The number of aliphatic hydroxyl groups excluding tert-OH is 1. The Balaban J connectivity index is 2.71. The summed E-state index contributed by atoms with van der Waals surface area (Å²) in [4.78, 5) is 4.14. The molecule has 0 fully saturated rings. The van der Waals surface area contributed by atoms with Crippen molar-refractivity contribution in [3.63, 3.8) is 0 Å². The number of rotatable bonds is 3. The highest BCUT2D eigenvalue weighted by molar-refractivity contribution is 9.10. The Labute approximate surface area is 86.3 Å². The Hall–Kier alpha value is -0.610. The average molecular weight is 245 g/mol. The highest BCUT2D eigenvalue weighted by Crippen LogP contribution is 2.22. The third-order valence-corrected chi connectivity index (χ3v) is 2.65. The molecule has 0 aromatic carbocycles. The van der Waals surface area contributed by atoms with Crippen LogP contribution in [0.1, 0.15) is 12.5 Å². The van der Waals surface area contributed by atoms with Gasteiger partial charge in [0.25, 0.3) is 0 Å². The van der Waals surface area contributed by atoms with Crippen molar-refractivity contribution in [2.24, 2.45) is 0 Å². The molecule has 1 rings (SSSR count). The molecule has 0 aliphatic heterocycles. The number of aromatic nitrogens is 1. The summed E-state index contributed by atoms with van der Waals surface area (Å²) < 4.78 is 0.954. The number of aliphatic hydroxyl groups is 1. The molecular weight excluding hydrogens is 232 g/mol. The van der Waals surface area contributed by atoms with Crippen LogP contribution in [0.2, 0.25) is 0 Å². The molecule has 0 saturated carbocycles. The standard InChI is InChI=1S/C9H13BrN2O/c1-6-3-4-11-9(8(6)10)12-5-7(2)13/h3-4,7,13H,5H2,1-2H3,(H,11,12). The van der Waals surface area contributed by atoms with E-state index in [0.29, 0.717) is 6.54 Å². The van der Waals surface area contributed by atoms with E-state index in [2.05, 4.69) is 26.2 Å². The Morgan fingerprint density at radius 2 is 2.38 bits per heavy atom. The minimum absolute atomic E-state index is 0.366. The molecule has 0 saturated heterocycles. The Bertz CT molecular complexity index is 289. The summed E-state index contributed by atoms with van der Waals surface area (Å²) in [5.41, 5.74) is 1.13. The van der Waals surface area contributed by atoms with Gasteiger partial charge in [-0.25, -0.2) is 4.98 Å². The van der Waals surface area contributed by atoms with Gasteiger partial charge in [-0.3, -0.25) is 0 Å². The van der Waals surface area contributed by atoms with E-state index < -0.39 is 0 Å². The number of halogens is 1. The second kappa shape index (κ2) is 4.58. The van der Waals surface area contributed by atoms with E-state index in [1.165, 1.54) is 0 Å². The van der Waals surface area contributed by atoms with E-state index in [-0.39, 0.29) is 6.10 Å². The number of pyridine rings is 1. The molecule has 0 radical (unpaired) electrons. The average Bonchev–Trinajstić information content (AvgIpc) is 2.07. The number of nitrogens with one attached hydrogen (secondary N) is 1. The second-order valence-corrected chi connectivity index (χ2v) is 3.81. The lowest BCUT2D eigenvalue weighted by Crippen LogP contribution is -2.16. The second-order valence-electron chi connectivity index (χ2n) is 3.02. The highest BCUT2D eigenvalue weighted by atomic mass is 79.9. The number of nitrogens with zero attached hydrogens (tertiary/aromatic N) is 1. The monoisotopic (exact) mass is 244 g/mol. The Morgan fingerprint density at radius 3 is 3.00 bits per heavy atom. The van der Waals surface area contributed by atoms with Crippen molar-refractivity contribution in [3.8, 4) is 0 Å². The number of aryl methyl sites for hydroxylation is 1. The van der Waals surface area contributed by atoms with Crippen LogP contribution in [0, 0.1) is 6.92 Å². The lowest BCUT2D eigenvalue weighted by atomic mass is 10.3. The van der Waals surface area contributed by atoms with Gasteiger partial charge in [-0.05, 0) is 41.4 Å². The van der Waals surface area contributed by atoms with Crippen LogP contribution in [0.3, 0.4) is 0 Å². The summed E-state index contributed by atoms with van der Waals surface area (Å²) in [5, 5.41) is 12.1. The van der Waals surface area contributed by atoms with Crippen LogP contribution < -0.4 is 5.32 Å². The molecule has 1 aromatic rings. The van der Waals surface area contributed by atoms with Crippen molar-refractivity contribution in [1.82, 2.24) is 4.98 Å². The SMILES string of the molecule is Cc1ccnc(NCC(C)O)c1Br. The van der Waals surface area contributed by atoms with E-state index in [4.69, 9.17) is 5.11 Å². The van der Waals surface area contributed by atoms with Gasteiger partial charge in [-0.2, -0.15) is 0 Å². The molecule has 13 heavy (non-hydrogen) atoms. The summed E-state index contributed by atoms with van der Waals surface area (Å²) in [6.07, 6.45) is 1.37. The first-order valence-electron chi connectivity index (χ1n) is 4.14. The molecule has 1 unspecified atom stereocenters. The van der Waals surface area contributed by atoms with Gasteiger partial charge in [-0.1, -0.05) is 0 Å². The van der Waals surface area contributed by atoms with Crippen LogP contribution in [0.15, 0.2) is 16.7 Å². The Kier molecular flexibility index (Phi) is 3.69. The third-order valence-electron chi connectivity index (χ3n) is 1.65. The maximum absolute atomic E-state index is 9.07. The molecule has 0 bridgehead atoms. The fourth-order valence-corrected chi connectivity index (χ4v) is 1.28. The first-order valence-corrected chi connectivity index (χ1v) is 4.93. The van der Waals surface area contributed by atoms with Gasteiger partial charge in [0.15, 0.2) is 0 Å². The van der Waals surface area contributed by atoms with E-state index in [0.717, 1.165) is 15.9 Å². The number of hydrogen-bond donors (Lipinski definition) is 2. The first-order chi connectivity index (χ1) is 6.11. The summed E-state index contributed by atoms with van der Waals surface area (Å²) in [7, 11) is 0. The summed E-state index contributed by atoms with van der Waals surface area (Å²) in [6.45, 7) is 4.24. The molecule has 72 valence electrons. The summed E-state index contributed by atoms with van der Waals surface area (Å²) in [6, 6.07) is 1.93. The molecule has 2 N–H and O–H groups in total. The zero-order valence-electron chi connectivity index (χ0n) is 7.71. The van der Waals surface area contributed by atoms with Crippen molar-refractivity contribution in [2.45, 2.75) is 20.0 Å². The Morgan fingerprint density at radius 1 is 1.69 bits per heavy atom. The minimum Gasteiger partial charge on any atom is -0.392 e.